The van der Waals surface area contributed by atoms with Gasteiger partial charge in [-0.15, -0.1) is 11.3 Å². The van der Waals surface area contributed by atoms with Gasteiger partial charge < -0.3 is 5.32 Å². The number of non-ortho nitro benzene ring substituents is 1. The lowest BCUT2D eigenvalue weighted by Crippen LogP contribution is -1.96. The van der Waals surface area contributed by atoms with E-state index in [1.165, 1.54) is 23.7 Å². The number of para-hydroxylation sites is 1. The Morgan fingerprint density at radius 1 is 1.12 bits per heavy atom. The maximum atomic E-state index is 11.1. The molecule has 0 aliphatic heterocycles. The van der Waals surface area contributed by atoms with Crippen LogP contribution in [-0.4, -0.2) is 14.9 Å². The van der Waals surface area contributed by atoms with E-state index < -0.39 is 4.92 Å². The number of nitro groups is 1. The smallest absolute Gasteiger partial charge is 0.270 e. The van der Waals surface area contributed by atoms with Crippen molar-refractivity contribution >= 4 is 50.3 Å². The first-order valence-electron chi connectivity index (χ1n) is 7.62. The molecule has 0 aliphatic carbocycles. The molecule has 0 amide bonds. The van der Waals surface area contributed by atoms with Crippen LogP contribution in [0.2, 0.25) is 5.02 Å². The normalized spacial score (nSPS) is 10.8. The Balaban J connectivity index is 1.86. The number of halogens is 1. The van der Waals surface area contributed by atoms with Gasteiger partial charge in [0.25, 0.3) is 5.69 Å². The van der Waals surface area contributed by atoms with E-state index in [1.807, 2.05) is 29.6 Å². The summed E-state index contributed by atoms with van der Waals surface area (Å²) < 4.78 is 0. The van der Waals surface area contributed by atoms with E-state index in [0.29, 0.717) is 10.8 Å². The first kappa shape index (κ1) is 16.4. The fraction of sp³-hybridized carbons (Fsp3) is 0. The minimum atomic E-state index is -0.405. The third-order valence-electron chi connectivity index (χ3n) is 3.87. The largest absolute Gasteiger partial charge is 0.338 e. The number of anilines is 2. The first-order valence-corrected chi connectivity index (χ1v) is 8.88. The van der Waals surface area contributed by atoms with Crippen molar-refractivity contribution in [3.8, 4) is 11.1 Å². The number of rotatable bonds is 4. The van der Waals surface area contributed by atoms with E-state index in [1.54, 1.807) is 18.2 Å². The number of aromatic nitrogens is 2. The van der Waals surface area contributed by atoms with Crippen LogP contribution in [-0.2, 0) is 0 Å². The number of nitrogens with zero attached hydrogens (tertiary/aromatic N) is 3. The summed E-state index contributed by atoms with van der Waals surface area (Å²) in [7, 11) is 0. The predicted octanol–water partition coefficient (Wildman–Crippen LogP) is 5.66. The van der Waals surface area contributed by atoms with Crippen molar-refractivity contribution in [3.05, 3.63) is 75.4 Å². The molecule has 128 valence electrons. The first-order chi connectivity index (χ1) is 12.6. The van der Waals surface area contributed by atoms with Crippen molar-refractivity contribution in [1.29, 1.82) is 0 Å². The summed E-state index contributed by atoms with van der Waals surface area (Å²) >= 11 is 7.69. The summed E-state index contributed by atoms with van der Waals surface area (Å²) in [6, 6.07) is 13.9. The van der Waals surface area contributed by atoms with Crippen LogP contribution in [0.15, 0.2) is 60.2 Å². The maximum Gasteiger partial charge on any atom is 0.270 e. The predicted molar refractivity (Wildman–Crippen MR) is 104 cm³/mol. The molecule has 0 fully saturated rings. The highest BCUT2D eigenvalue weighted by Crippen LogP contribution is 2.38. The molecule has 0 radical (unpaired) electrons. The van der Waals surface area contributed by atoms with Gasteiger partial charge in [0.2, 0.25) is 0 Å². The number of benzene rings is 2. The Bertz CT molecular complexity index is 1130. The van der Waals surface area contributed by atoms with E-state index in [0.717, 1.165) is 27.0 Å². The molecular weight excluding hydrogens is 372 g/mol. The zero-order valence-electron chi connectivity index (χ0n) is 13.2. The van der Waals surface area contributed by atoms with Gasteiger partial charge in [-0.2, -0.15) is 0 Å². The maximum absolute atomic E-state index is 11.1. The third kappa shape index (κ3) is 2.98. The monoisotopic (exact) mass is 382 g/mol. The molecule has 0 spiro atoms. The fourth-order valence-corrected chi connectivity index (χ4v) is 3.76. The van der Waals surface area contributed by atoms with Crippen LogP contribution in [0.25, 0.3) is 21.3 Å². The van der Waals surface area contributed by atoms with Crippen molar-refractivity contribution in [2.24, 2.45) is 0 Å². The lowest BCUT2D eigenvalue weighted by Gasteiger charge is -2.09. The van der Waals surface area contributed by atoms with E-state index in [-0.39, 0.29) is 5.69 Å². The van der Waals surface area contributed by atoms with Crippen molar-refractivity contribution in [2.45, 2.75) is 0 Å². The minimum absolute atomic E-state index is 0.0410. The summed E-state index contributed by atoms with van der Waals surface area (Å²) in [5.74, 6) is 0.603. The Morgan fingerprint density at radius 3 is 2.77 bits per heavy atom. The molecule has 0 aliphatic rings. The highest BCUT2D eigenvalue weighted by atomic mass is 35.5. The average Bonchev–Trinajstić information content (AvgIpc) is 3.09. The topological polar surface area (TPSA) is 81.0 Å². The number of fused-ring (bicyclic) bond motifs is 1. The summed E-state index contributed by atoms with van der Waals surface area (Å²) in [6.45, 7) is 0. The highest BCUT2D eigenvalue weighted by molar-refractivity contribution is 7.17. The second-order valence-electron chi connectivity index (χ2n) is 5.46. The lowest BCUT2D eigenvalue weighted by atomic mass is 10.1. The van der Waals surface area contributed by atoms with Gasteiger partial charge in [0.15, 0.2) is 0 Å². The van der Waals surface area contributed by atoms with Crippen LogP contribution < -0.4 is 5.32 Å². The van der Waals surface area contributed by atoms with Crippen molar-refractivity contribution < 1.29 is 4.92 Å². The van der Waals surface area contributed by atoms with Gasteiger partial charge in [-0.3, -0.25) is 10.1 Å². The van der Waals surface area contributed by atoms with E-state index in [9.17, 15) is 10.1 Å². The molecule has 2 aromatic carbocycles. The van der Waals surface area contributed by atoms with Gasteiger partial charge in [-0.25, -0.2) is 9.97 Å². The summed E-state index contributed by atoms with van der Waals surface area (Å²) in [6.07, 6.45) is 1.48. The molecule has 1 N–H and O–H groups in total. The number of nitro benzene ring substituents is 1. The Hall–Kier alpha value is -3.03. The van der Waals surface area contributed by atoms with Crippen molar-refractivity contribution in [3.63, 3.8) is 0 Å². The summed E-state index contributed by atoms with van der Waals surface area (Å²) in [5.41, 5.74) is 2.34. The molecular formula is C18H11ClN4O2S. The van der Waals surface area contributed by atoms with Crippen molar-refractivity contribution in [2.75, 3.05) is 5.32 Å². The molecule has 0 unspecified atom stereocenters. The van der Waals surface area contributed by atoms with Crippen molar-refractivity contribution in [1.82, 2.24) is 9.97 Å². The minimum Gasteiger partial charge on any atom is -0.338 e. The van der Waals surface area contributed by atoms with Gasteiger partial charge >= 0.3 is 0 Å². The van der Waals surface area contributed by atoms with E-state index in [2.05, 4.69) is 15.3 Å². The molecule has 2 aromatic heterocycles. The summed E-state index contributed by atoms with van der Waals surface area (Å²) in [5, 5.41) is 17.6. The van der Waals surface area contributed by atoms with Gasteiger partial charge in [0, 0.05) is 23.1 Å². The van der Waals surface area contributed by atoms with Gasteiger partial charge in [0.1, 0.15) is 17.0 Å². The molecule has 0 bridgehead atoms. The number of hydrogen-bond acceptors (Lipinski definition) is 6. The van der Waals surface area contributed by atoms with Gasteiger partial charge in [-0.1, -0.05) is 35.9 Å². The zero-order chi connectivity index (χ0) is 18.1. The van der Waals surface area contributed by atoms with Crippen LogP contribution >= 0.6 is 22.9 Å². The zero-order valence-corrected chi connectivity index (χ0v) is 14.8. The second-order valence-corrected chi connectivity index (χ2v) is 6.73. The SMILES string of the molecule is O=[N+]([O-])c1cccc(-c2csc3ncnc(Nc4ccccc4Cl)c23)c1. The third-order valence-corrected chi connectivity index (χ3v) is 5.08. The quantitative estimate of drug-likeness (QED) is 0.363. The molecule has 26 heavy (non-hydrogen) atoms. The Kier molecular flexibility index (Phi) is 4.24. The molecule has 6 nitrogen and oxygen atoms in total. The van der Waals surface area contributed by atoms with E-state index >= 15 is 0 Å². The number of nitrogens with one attached hydrogen (secondary N) is 1. The molecule has 4 rings (SSSR count). The fourth-order valence-electron chi connectivity index (χ4n) is 2.66. The van der Waals surface area contributed by atoms with Crippen LogP contribution in [0, 0.1) is 10.1 Å². The lowest BCUT2D eigenvalue weighted by molar-refractivity contribution is -0.384. The molecule has 4 aromatic rings. The second kappa shape index (κ2) is 6.70. The molecule has 8 heteroatoms. The van der Waals surface area contributed by atoms with E-state index in [4.69, 9.17) is 11.6 Å². The highest BCUT2D eigenvalue weighted by Gasteiger charge is 2.16. The van der Waals surface area contributed by atoms with Crippen LogP contribution in [0.5, 0.6) is 0 Å². The van der Waals surface area contributed by atoms with Gasteiger partial charge in [-0.05, 0) is 17.7 Å². The molecule has 0 atom stereocenters. The van der Waals surface area contributed by atoms with Crippen LogP contribution in [0.4, 0.5) is 17.2 Å². The Morgan fingerprint density at radius 2 is 1.96 bits per heavy atom. The number of thiophene rings is 1. The Labute approximate surface area is 157 Å². The molecule has 0 saturated carbocycles. The average molecular weight is 383 g/mol. The number of hydrogen-bond donors (Lipinski definition) is 1. The van der Waals surface area contributed by atoms with Crippen LogP contribution in [0.3, 0.4) is 0 Å². The molecule has 2 heterocycles. The molecule has 0 saturated heterocycles. The standard InChI is InChI=1S/C18H11ClN4O2S/c19-14-6-1-2-7-15(14)22-17-16-13(9-26-18(16)21-10-20-17)11-4-3-5-12(8-11)23(24)25/h1-10H,(H,20,21,22). The van der Waals surface area contributed by atoms with Crippen LogP contribution in [0.1, 0.15) is 0 Å². The summed E-state index contributed by atoms with van der Waals surface area (Å²) in [4.78, 5) is 20.1. The van der Waals surface area contributed by atoms with Gasteiger partial charge in [0.05, 0.1) is 21.0 Å².